The Balaban J connectivity index is 2.09. The van der Waals surface area contributed by atoms with Crippen molar-refractivity contribution in [2.75, 3.05) is 13.7 Å². The van der Waals surface area contributed by atoms with Gasteiger partial charge in [-0.2, -0.15) is 22.8 Å². The average Bonchev–Trinajstić information content (AvgIpc) is 3.02. The Morgan fingerprint density at radius 3 is 2.74 bits per heavy atom. The van der Waals surface area contributed by atoms with Gasteiger partial charge in [0.05, 0.1) is 24.8 Å². The fraction of sp³-hybridized carbons (Fsp3) is 0.462. The largest absolute Gasteiger partial charge is 0.435 e. The van der Waals surface area contributed by atoms with Gasteiger partial charge in [-0.05, 0) is 6.92 Å². The molecule has 0 radical (unpaired) electrons. The van der Waals surface area contributed by atoms with Gasteiger partial charge in [0.2, 0.25) is 0 Å². The van der Waals surface area contributed by atoms with Gasteiger partial charge in [-0.3, -0.25) is 9.59 Å². The first-order valence-corrected chi connectivity index (χ1v) is 6.76. The summed E-state index contributed by atoms with van der Waals surface area (Å²) < 4.78 is 43.7. The van der Waals surface area contributed by atoms with Gasteiger partial charge in [0, 0.05) is 13.2 Å². The summed E-state index contributed by atoms with van der Waals surface area (Å²) in [6.07, 6.45) is -4.67. The number of fused-ring (bicyclic) bond motifs is 2. The van der Waals surface area contributed by atoms with Gasteiger partial charge in [0.15, 0.2) is 5.69 Å². The highest BCUT2D eigenvalue weighted by molar-refractivity contribution is 5.97. The van der Waals surface area contributed by atoms with Crippen LogP contribution in [0.3, 0.4) is 0 Å². The molecule has 0 spiro atoms. The normalized spacial score (nSPS) is 16.2. The second-order valence-corrected chi connectivity index (χ2v) is 5.35. The van der Waals surface area contributed by atoms with Crippen LogP contribution in [-0.4, -0.2) is 45.2 Å². The Labute approximate surface area is 127 Å². The minimum absolute atomic E-state index is 0.000854. The third kappa shape index (κ3) is 2.38. The Kier molecular flexibility index (Phi) is 3.43. The molecule has 23 heavy (non-hydrogen) atoms. The fourth-order valence-electron chi connectivity index (χ4n) is 2.60. The zero-order valence-electron chi connectivity index (χ0n) is 12.3. The second-order valence-electron chi connectivity index (χ2n) is 5.35. The quantitative estimate of drug-likeness (QED) is 0.912. The van der Waals surface area contributed by atoms with Crippen LogP contribution in [0.25, 0.3) is 5.65 Å². The van der Waals surface area contributed by atoms with E-state index in [0.717, 1.165) is 0 Å². The van der Waals surface area contributed by atoms with Gasteiger partial charge in [-0.1, -0.05) is 0 Å². The van der Waals surface area contributed by atoms with E-state index >= 15 is 0 Å². The highest BCUT2D eigenvalue weighted by Gasteiger charge is 2.37. The van der Waals surface area contributed by atoms with E-state index in [1.54, 1.807) is 6.92 Å². The number of amides is 1. The number of carbonyl (C=O) groups excluding carboxylic acids is 1. The molecule has 124 valence electrons. The van der Waals surface area contributed by atoms with E-state index in [4.69, 9.17) is 4.74 Å². The third-order valence-electron chi connectivity index (χ3n) is 3.75. The lowest BCUT2D eigenvalue weighted by Gasteiger charge is -2.22. The van der Waals surface area contributed by atoms with E-state index in [-0.39, 0.29) is 36.1 Å². The molecule has 0 aliphatic carbocycles. The topological polar surface area (TPSA) is 79.7 Å². The van der Waals surface area contributed by atoms with Crippen molar-refractivity contribution in [3.8, 4) is 0 Å². The number of aromatic nitrogens is 3. The minimum Gasteiger partial charge on any atom is -0.383 e. The maximum atomic E-state index is 12.7. The monoisotopic (exact) mass is 330 g/mol. The van der Waals surface area contributed by atoms with E-state index in [9.17, 15) is 22.8 Å². The van der Waals surface area contributed by atoms with Gasteiger partial charge >= 0.3 is 6.18 Å². The van der Waals surface area contributed by atoms with Crippen LogP contribution < -0.4 is 5.56 Å². The van der Waals surface area contributed by atoms with Crippen LogP contribution in [0.2, 0.25) is 0 Å². The summed E-state index contributed by atoms with van der Waals surface area (Å²) in [6, 6.07) is 0.432. The van der Waals surface area contributed by atoms with Crippen LogP contribution >= 0.6 is 0 Å². The summed E-state index contributed by atoms with van der Waals surface area (Å²) in [5.74, 6) is -0.445. The summed E-state index contributed by atoms with van der Waals surface area (Å²) in [4.78, 5) is 28.7. The van der Waals surface area contributed by atoms with Gasteiger partial charge in [0.25, 0.3) is 11.5 Å². The number of aromatic amines is 1. The van der Waals surface area contributed by atoms with Crippen LogP contribution in [0.1, 0.15) is 28.7 Å². The van der Waals surface area contributed by atoms with Gasteiger partial charge in [-0.25, -0.2) is 0 Å². The van der Waals surface area contributed by atoms with E-state index in [1.165, 1.54) is 12.0 Å². The number of nitrogens with one attached hydrogen (secondary N) is 1. The summed E-state index contributed by atoms with van der Waals surface area (Å²) in [6.45, 7) is 2.04. The van der Waals surface area contributed by atoms with Crippen molar-refractivity contribution in [3.05, 3.63) is 33.4 Å². The Morgan fingerprint density at radius 1 is 1.43 bits per heavy atom. The Morgan fingerprint density at radius 2 is 2.13 bits per heavy atom. The number of H-pyrrole nitrogens is 1. The summed E-state index contributed by atoms with van der Waals surface area (Å²) in [5, 5.41) is 3.29. The lowest BCUT2D eigenvalue weighted by atomic mass is 10.2. The average molecular weight is 330 g/mol. The number of nitrogens with zero attached hydrogens (tertiary/aromatic N) is 3. The molecule has 0 aromatic carbocycles. The third-order valence-corrected chi connectivity index (χ3v) is 3.75. The molecule has 7 nitrogen and oxygen atoms in total. The minimum atomic E-state index is -4.67. The van der Waals surface area contributed by atoms with E-state index < -0.39 is 23.3 Å². The molecule has 2 aromatic rings. The number of hydrogen-bond acceptors (Lipinski definition) is 4. The van der Waals surface area contributed by atoms with Crippen LogP contribution in [0, 0.1) is 0 Å². The number of carbonyl (C=O) groups is 1. The molecule has 0 fully saturated rings. The molecule has 0 saturated carbocycles. The first kappa shape index (κ1) is 15.5. The van der Waals surface area contributed by atoms with Crippen LogP contribution in [0.4, 0.5) is 13.2 Å². The molecular formula is C13H13F3N4O3. The number of methoxy groups -OCH3 is 1. The summed E-state index contributed by atoms with van der Waals surface area (Å²) in [5.41, 5.74) is -1.99. The number of ether oxygens (including phenoxy) is 1. The van der Waals surface area contributed by atoms with Crippen LogP contribution in [0.15, 0.2) is 10.9 Å². The smallest absolute Gasteiger partial charge is 0.383 e. The van der Waals surface area contributed by atoms with Crippen molar-refractivity contribution in [1.29, 1.82) is 0 Å². The predicted octanol–water partition coefficient (Wildman–Crippen LogP) is 1.03. The molecule has 1 aliphatic rings. The first-order valence-electron chi connectivity index (χ1n) is 6.76. The molecule has 1 N–H and O–H groups in total. The maximum absolute atomic E-state index is 12.7. The highest BCUT2D eigenvalue weighted by Crippen LogP contribution is 2.29. The lowest BCUT2D eigenvalue weighted by Crippen LogP contribution is -2.36. The van der Waals surface area contributed by atoms with Crippen molar-refractivity contribution in [3.63, 3.8) is 0 Å². The van der Waals surface area contributed by atoms with Crippen LogP contribution in [0.5, 0.6) is 0 Å². The van der Waals surface area contributed by atoms with Crippen molar-refractivity contribution >= 4 is 11.6 Å². The van der Waals surface area contributed by atoms with Gasteiger partial charge < -0.3 is 14.6 Å². The molecule has 2 aromatic heterocycles. The second kappa shape index (κ2) is 5.08. The molecule has 1 amide bonds. The lowest BCUT2D eigenvalue weighted by molar-refractivity contribution is -0.141. The maximum Gasteiger partial charge on any atom is 0.435 e. The molecule has 3 rings (SSSR count). The van der Waals surface area contributed by atoms with Crippen molar-refractivity contribution in [2.45, 2.75) is 25.7 Å². The molecule has 1 atom stereocenters. The van der Waals surface area contributed by atoms with Crippen molar-refractivity contribution in [1.82, 2.24) is 19.5 Å². The number of alkyl halides is 3. The zero-order valence-corrected chi connectivity index (χ0v) is 12.3. The standard InChI is InChI=1S/C13H13F3N4O3/c1-6(5-23-2)19-4-7-10(12(19)22)17-9-3-8(13(14,15)16)18-20(9)11(7)21/h3,6,17H,4-5H2,1-2H3/t6-/m0/s1. The molecular weight excluding hydrogens is 317 g/mol. The molecule has 1 aliphatic heterocycles. The molecule has 0 unspecified atom stereocenters. The summed E-state index contributed by atoms with van der Waals surface area (Å²) >= 11 is 0. The molecule has 10 heteroatoms. The predicted molar refractivity (Wildman–Crippen MR) is 72.0 cm³/mol. The SMILES string of the molecule is COC[C@H](C)N1Cc2c([nH]c3cc(C(F)(F)F)nn3c2=O)C1=O. The van der Waals surface area contributed by atoms with E-state index in [2.05, 4.69) is 10.1 Å². The molecule has 3 heterocycles. The highest BCUT2D eigenvalue weighted by atomic mass is 19.4. The molecule has 0 saturated heterocycles. The Bertz CT molecular complexity index is 839. The van der Waals surface area contributed by atoms with Crippen molar-refractivity contribution < 1.29 is 22.7 Å². The van der Waals surface area contributed by atoms with Crippen LogP contribution in [-0.2, 0) is 17.5 Å². The fourth-order valence-corrected chi connectivity index (χ4v) is 2.60. The number of rotatable bonds is 3. The first-order chi connectivity index (χ1) is 10.7. The van der Waals surface area contributed by atoms with Gasteiger partial charge in [-0.15, -0.1) is 0 Å². The van der Waals surface area contributed by atoms with Gasteiger partial charge in [0.1, 0.15) is 11.3 Å². The summed E-state index contributed by atoms with van der Waals surface area (Å²) in [7, 11) is 1.49. The van der Waals surface area contributed by atoms with E-state index in [1.807, 2.05) is 0 Å². The Hall–Kier alpha value is -2.36. The molecule has 0 bridgehead atoms. The number of hydrogen-bond donors (Lipinski definition) is 1. The van der Waals surface area contributed by atoms with E-state index in [0.29, 0.717) is 10.6 Å². The van der Waals surface area contributed by atoms with Crippen molar-refractivity contribution in [2.24, 2.45) is 0 Å². The number of halogens is 3. The zero-order chi connectivity index (χ0) is 16.9.